The number of fused-ring (bicyclic) bond motifs is 2. The predicted octanol–water partition coefficient (Wildman–Crippen LogP) is 0.694. The summed E-state index contributed by atoms with van der Waals surface area (Å²) in [5.41, 5.74) is 5.86. The van der Waals surface area contributed by atoms with Crippen LogP contribution in [0.4, 0.5) is 0 Å². The Kier molecular flexibility index (Phi) is 2.44. The van der Waals surface area contributed by atoms with E-state index in [0.29, 0.717) is 12.5 Å². The Bertz CT molecular complexity index is 301. The molecule has 16 heavy (non-hydrogen) atoms. The van der Waals surface area contributed by atoms with Crippen molar-refractivity contribution in [3.8, 4) is 0 Å². The van der Waals surface area contributed by atoms with Gasteiger partial charge < -0.3 is 15.8 Å². The molecule has 0 radical (unpaired) electrons. The van der Waals surface area contributed by atoms with Gasteiger partial charge in [-0.05, 0) is 38.5 Å². The Balaban J connectivity index is 1.49. The minimum absolute atomic E-state index is 0.114. The summed E-state index contributed by atoms with van der Waals surface area (Å²) in [6.45, 7) is 0. The van der Waals surface area contributed by atoms with Crippen molar-refractivity contribution in [2.24, 2.45) is 5.73 Å². The number of rotatable bonds is 3. The van der Waals surface area contributed by atoms with Crippen molar-refractivity contribution in [1.82, 2.24) is 5.32 Å². The van der Waals surface area contributed by atoms with Crippen molar-refractivity contribution in [2.75, 3.05) is 0 Å². The van der Waals surface area contributed by atoms with Crippen LogP contribution in [0.1, 0.15) is 44.9 Å². The fourth-order valence-electron chi connectivity index (χ4n) is 3.17. The Morgan fingerprint density at radius 1 is 1.44 bits per heavy atom. The summed E-state index contributed by atoms with van der Waals surface area (Å²) in [5.74, 6) is 0.114. The average molecular weight is 224 g/mol. The maximum atomic E-state index is 11.8. The zero-order chi connectivity index (χ0) is 11.2. The standard InChI is InChI=1S/C12H20N2O2/c13-12(4-1-5-12)7-11(15)14-9-6-8-2-3-10(9)16-8/h8-10H,1-7,13H2,(H,14,15). The topological polar surface area (TPSA) is 64.4 Å². The van der Waals surface area contributed by atoms with Gasteiger partial charge in [-0.15, -0.1) is 0 Å². The van der Waals surface area contributed by atoms with Crippen molar-refractivity contribution < 1.29 is 9.53 Å². The molecule has 1 saturated carbocycles. The maximum absolute atomic E-state index is 11.8. The molecule has 2 saturated heterocycles. The summed E-state index contributed by atoms with van der Waals surface area (Å²) in [6.07, 6.45) is 7.56. The lowest BCUT2D eigenvalue weighted by Crippen LogP contribution is -2.52. The van der Waals surface area contributed by atoms with Crippen LogP contribution in [0.25, 0.3) is 0 Å². The second kappa shape index (κ2) is 3.70. The third kappa shape index (κ3) is 1.84. The van der Waals surface area contributed by atoms with Crippen LogP contribution in [0.2, 0.25) is 0 Å². The van der Waals surface area contributed by atoms with E-state index < -0.39 is 0 Å². The van der Waals surface area contributed by atoms with Gasteiger partial charge in [-0.3, -0.25) is 4.79 Å². The van der Waals surface area contributed by atoms with Gasteiger partial charge in [0.1, 0.15) is 0 Å². The van der Waals surface area contributed by atoms with Crippen molar-refractivity contribution >= 4 is 5.91 Å². The number of hydrogen-bond acceptors (Lipinski definition) is 3. The van der Waals surface area contributed by atoms with E-state index in [2.05, 4.69) is 5.32 Å². The highest BCUT2D eigenvalue weighted by Crippen LogP contribution is 2.35. The Labute approximate surface area is 95.9 Å². The van der Waals surface area contributed by atoms with Crippen molar-refractivity contribution in [1.29, 1.82) is 0 Å². The molecule has 0 aromatic heterocycles. The zero-order valence-corrected chi connectivity index (χ0v) is 9.58. The quantitative estimate of drug-likeness (QED) is 0.741. The molecule has 3 aliphatic rings. The highest BCUT2D eigenvalue weighted by atomic mass is 16.5. The van der Waals surface area contributed by atoms with Crippen LogP contribution in [0.3, 0.4) is 0 Å². The number of hydrogen-bond donors (Lipinski definition) is 2. The van der Waals surface area contributed by atoms with Crippen molar-refractivity contribution in [2.45, 2.75) is 68.7 Å². The molecule has 2 aliphatic heterocycles. The van der Waals surface area contributed by atoms with E-state index in [1.54, 1.807) is 0 Å². The highest BCUT2D eigenvalue weighted by Gasteiger charge is 2.42. The molecule has 3 unspecified atom stereocenters. The molecule has 3 atom stereocenters. The Morgan fingerprint density at radius 3 is 2.75 bits per heavy atom. The molecule has 3 fully saturated rings. The van der Waals surface area contributed by atoms with Crippen molar-refractivity contribution in [3.63, 3.8) is 0 Å². The van der Waals surface area contributed by atoms with E-state index in [4.69, 9.17) is 10.5 Å². The number of amides is 1. The molecule has 2 bridgehead atoms. The minimum Gasteiger partial charge on any atom is -0.373 e. The molecule has 3 rings (SSSR count). The van der Waals surface area contributed by atoms with Crippen LogP contribution in [0, 0.1) is 0 Å². The van der Waals surface area contributed by atoms with Gasteiger partial charge in [0.2, 0.25) is 5.91 Å². The van der Waals surface area contributed by atoms with Crippen LogP contribution in [0.15, 0.2) is 0 Å². The summed E-state index contributed by atoms with van der Waals surface area (Å²) >= 11 is 0. The molecule has 4 heteroatoms. The number of carbonyl (C=O) groups excluding carboxylic acids is 1. The predicted molar refractivity (Wildman–Crippen MR) is 59.8 cm³/mol. The van der Waals surface area contributed by atoms with Crippen LogP contribution >= 0.6 is 0 Å². The van der Waals surface area contributed by atoms with Gasteiger partial charge in [-0.1, -0.05) is 0 Å². The van der Waals surface area contributed by atoms with E-state index in [1.807, 2.05) is 0 Å². The normalized spacial score (nSPS) is 39.4. The molecule has 2 heterocycles. The lowest BCUT2D eigenvalue weighted by Gasteiger charge is -2.37. The summed E-state index contributed by atoms with van der Waals surface area (Å²) in [5, 5.41) is 3.09. The SMILES string of the molecule is NC1(CC(=O)NC2CC3CCC2O3)CCC1. The first-order valence-electron chi connectivity index (χ1n) is 6.38. The maximum Gasteiger partial charge on any atom is 0.222 e. The van der Waals surface area contributed by atoms with E-state index >= 15 is 0 Å². The lowest BCUT2D eigenvalue weighted by molar-refractivity contribution is -0.124. The van der Waals surface area contributed by atoms with Gasteiger partial charge in [-0.2, -0.15) is 0 Å². The number of ether oxygens (including phenoxy) is 1. The number of nitrogens with one attached hydrogen (secondary N) is 1. The average Bonchev–Trinajstić information content (AvgIpc) is 2.76. The van der Waals surface area contributed by atoms with Gasteiger partial charge >= 0.3 is 0 Å². The van der Waals surface area contributed by atoms with Gasteiger partial charge in [0.25, 0.3) is 0 Å². The third-order valence-electron chi connectivity index (χ3n) is 4.31. The van der Waals surface area contributed by atoms with E-state index in [1.165, 1.54) is 6.42 Å². The Morgan fingerprint density at radius 2 is 2.25 bits per heavy atom. The molecular weight excluding hydrogens is 204 g/mol. The molecular formula is C12H20N2O2. The van der Waals surface area contributed by atoms with Crippen LogP contribution in [0.5, 0.6) is 0 Å². The van der Waals surface area contributed by atoms with Gasteiger partial charge in [-0.25, -0.2) is 0 Å². The molecule has 0 aromatic carbocycles. The first-order chi connectivity index (χ1) is 7.65. The van der Waals surface area contributed by atoms with Crippen LogP contribution < -0.4 is 11.1 Å². The molecule has 90 valence electrons. The highest BCUT2D eigenvalue weighted by molar-refractivity contribution is 5.77. The van der Waals surface area contributed by atoms with Gasteiger partial charge in [0.15, 0.2) is 0 Å². The first-order valence-corrected chi connectivity index (χ1v) is 6.38. The van der Waals surface area contributed by atoms with Crippen LogP contribution in [-0.4, -0.2) is 29.7 Å². The van der Waals surface area contributed by atoms with Gasteiger partial charge in [0, 0.05) is 12.0 Å². The second-order valence-electron chi connectivity index (χ2n) is 5.68. The minimum atomic E-state index is -0.206. The molecule has 1 aliphatic carbocycles. The van der Waals surface area contributed by atoms with Gasteiger partial charge in [0.05, 0.1) is 18.2 Å². The van der Waals surface area contributed by atoms with Crippen LogP contribution in [-0.2, 0) is 9.53 Å². The number of nitrogens with two attached hydrogens (primary N) is 1. The smallest absolute Gasteiger partial charge is 0.222 e. The fraction of sp³-hybridized carbons (Fsp3) is 0.917. The second-order valence-corrected chi connectivity index (χ2v) is 5.68. The summed E-state index contributed by atoms with van der Waals surface area (Å²) in [4.78, 5) is 11.8. The zero-order valence-electron chi connectivity index (χ0n) is 9.58. The Hall–Kier alpha value is -0.610. The summed E-state index contributed by atoms with van der Waals surface area (Å²) in [6, 6.07) is 0.245. The first kappa shape index (κ1) is 10.5. The molecule has 3 N–H and O–H groups in total. The number of carbonyl (C=O) groups is 1. The molecule has 0 aromatic rings. The fourth-order valence-corrected chi connectivity index (χ4v) is 3.17. The summed E-state index contributed by atoms with van der Waals surface area (Å²) < 4.78 is 5.71. The van der Waals surface area contributed by atoms with E-state index in [0.717, 1.165) is 32.1 Å². The largest absolute Gasteiger partial charge is 0.373 e. The summed E-state index contributed by atoms with van der Waals surface area (Å²) in [7, 11) is 0. The lowest BCUT2D eigenvalue weighted by atomic mass is 9.75. The monoisotopic (exact) mass is 224 g/mol. The van der Waals surface area contributed by atoms with E-state index in [9.17, 15) is 4.79 Å². The molecule has 4 nitrogen and oxygen atoms in total. The molecule has 1 amide bonds. The van der Waals surface area contributed by atoms with E-state index in [-0.39, 0.29) is 23.6 Å². The third-order valence-corrected chi connectivity index (χ3v) is 4.31. The van der Waals surface area contributed by atoms with Crippen molar-refractivity contribution in [3.05, 3.63) is 0 Å². The molecule has 0 spiro atoms.